The lowest BCUT2D eigenvalue weighted by Crippen LogP contribution is -2.32. The first-order valence-corrected chi connectivity index (χ1v) is 11.0. The first-order chi connectivity index (χ1) is 16.0. The Kier molecular flexibility index (Phi) is 6.51. The molecule has 3 aromatic carbocycles. The molecule has 0 bridgehead atoms. The van der Waals surface area contributed by atoms with Crippen LogP contribution in [0, 0.1) is 6.92 Å². The summed E-state index contributed by atoms with van der Waals surface area (Å²) in [5, 5.41) is 0. The summed E-state index contributed by atoms with van der Waals surface area (Å²) in [7, 11) is 4.66. The van der Waals surface area contributed by atoms with Gasteiger partial charge in [-0.3, -0.25) is 9.69 Å². The zero-order chi connectivity index (χ0) is 23.5. The Morgan fingerprint density at radius 2 is 1.58 bits per heavy atom. The van der Waals surface area contributed by atoms with Crippen molar-refractivity contribution >= 4 is 39.4 Å². The summed E-state index contributed by atoms with van der Waals surface area (Å²) in [5.74, 6) is 1.84. The molecule has 4 rings (SSSR count). The Hall–Kier alpha value is -3.58. The molecule has 3 aromatic rings. The topological polar surface area (TPSA) is 60.4 Å². The molecule has 6 nitrogen and oxygen atoms in total. The van der Waals surface area contributed by atoms with Crippen molar-refractivity contribution < 1.29 is 19.0 Å². The number of ether oxygens (including phenoxy) is 3. The minimum absolute atomic E-state index is 0.218. The third-order valence-corrected chi connectivity index (χ3v) is 6.17. The highest BCUT2D eigenvalue weighted by Gasteiger charge is 2.32. The number of carbonyl (C=O) groups excluding carboxylic acids is 1. The van der Waals surface area contributed by atoms with E-state index in [2.05, 4.69) is 15.9 Å². The second-order valence-corrected chi connectivity index (χ2v) is 8.22. The summed E-state index contributed by atoms with van der Waals surface area (Å²) < 4.78 is 17.3. The second kappa shape index (κ2) is 9.50. The quantitative estimate of drug-likeness (QED) is 0.407. The van der Waals surface area contributed by atoms with Crippen molar-refractivity contribution in [2.75, 3.05) is 26.2 Å². The van der Waals surface area contributed by atoms with E-state index in [-0.39, 0.29) is 5.91 Å². The molecule has 0 spiro atoms. The van der Waals surface area contributed by atoms with Gasteiger partial charge in [0.1, 0.15) is 11.5 Å². The van der Waals surface area contributed by atoms with Crippen LogP contribution in [0.15, 0.2) is 75.8 Å². The average molecular weight is 507 g/mol. The zero-order valence-electron chi connectivity index (χ0n) is 18.8. The first-order valence-electron chi connectivity index (χ1n) is 10.2. The molecule has 0 fully saturated rings. The van der Waals surface area contributed by atoms with E-state index >= 15 is 0 Å². The normalized spacial score (nSPS) is 14.5. The monoisotopic (exact) mass is 506 g/mol. The highest BCUT2D eigenvalue weighted by atomic mass is 79.9. The van der Waals surface area contributed by atoms with Crippen molar-refractivity contribution in [3.05, 3.63) is 87.5 Å². The molecule has 1 aliphatic heterocycles. The predicted octanol–water partition coefficient (Wildman–Crippen LogP) is 5.62. The van der Waals surface area contributed by atoms with Gasteiger partial charge < -0.3 is 14.2 Å². The van der Waals surface area contributed by atoms with Crippen LogP contribution >= 0.6 is 15.9 Å². The van der Waals surface area contributed by atoms with Crippen molar-refractivity contribution in [3.8, 4) is 17.2 Å². The van der Waals surface area contributed by atoms with Crippen LogP contribution in [0.25, 0.3) is 6.08 Å². The van der Waals surface area contributed by atoms with Gasteiger partial charge in [-0.1, -0.05) is 46.3 Å². The lowest BCUT2D eigenvalue weighted by molar-refractivity contribution is -0.113. The molecule has 7 heteroatoms. The van der Waals surface area contributed by atoms with E-state index in [4.69, 9.17) is 19.2 Å². The van der Waals surface area contributed by atoms with Gasteiger partial charge in [-0.25, -0.2) is 4.99 Å². The van der Waals surface area contributed by atoms with Gasteiger partial charge in [-0.15, -0.1) is 0 Å². The van der Waals surface area contributed by atoms with Crippen LogP contribution < -0.4 is 19.1 Å². The number of hydrogen-bond donors (Lipinski definition) is 0. The highest BCUT2D eigenvalue weighted by Crippen LogP contribution is 2.39. The number of aliphatic imine (C=N–C) groups is 1. The van der Waals surface area contributed by atoms with Crippen LogP contribution in [0.4, 0.5) is 5.69 Å². The first kappa shape index (κ1) is 22.6. The fourth-order valence-electron chi connectivity index (χ4n) is 3.65. The van der Waals surface area contributed by atoms with Crippen LogP contribution in [0.3, 0.4) is 0 Å². The van der Waals surface area contributed by atoms with E-state index in [1.807, 2.05) is 55.5 Å². The van der Waals surface area contributed by atoms with E-state index in [1.165, 1.54) is 0 Å². The number of carbonyl (C=O) groups is 1. The van der Waals surface area contributed by atoms with Gasteiger partial charge in [0.2, 0.25) is 5.75 Å². The van der Waals surface area contributed by atoms with Gasteiger partial charge in [0.15, 0.2) is 11.5 Å². The summed E-state index contributed by atoms with van der Waals surface area (Å²) >= 11 is 3.53. The zero-order valence-corrected chi connectivity index (χ0v) is 20.3. The number of methoxy groups -OCH3 is 3. The van der Waals surface area contributed by atoms with Gasteiger partial charge in [0.05, 0.1) is 27.0 Å². The summed E-state index contributed by atoms with van der Waals surface area (Å²) in [4.78, 5) is 19.9. The molecule has 1 heterocycles. The molecule has 0 radical (unpaired) electrons. The smallest absolute Gasteiger partial charge is 0.282 e. The lowest BCUT2D eigenvalue weighted by Gasteiger charge is -2.19. The molecule has 0 saturated heterocycles. The third-order valence-electron chi connectivity index (χ3n) is 5.28. The van der Waals surface area contributed by atoms with E-state index in [9.17, 15) is 4.79 Å². The summed E-state index contributed by atoms with van der Waals surface area (Å²) in [5.41, 5.74) is 3.63. The summed E-state index contributed by atoms with van der Waals surface area (Å²) in [6.45, 7) is 1.99. The summed E-state index contributed by atoms with van der Waals surface area (Å²) in [6.07, 6.45) is 1.72. The van der Waals surface area contributed by atoms with Gasteiger partial charge in [0, 0.05) is 10.0 Å². The minimum atomic E-state index is -0.218. The Labute approximate surface area is 201 Å². The molecule has 0 aromatic heterocycles. The highest BCUT2D eigenvalue weighted by molar-refractivity contribution is 9.10. The van der Waals surface area contributed by atoms with Gasteiger partial charge in [-0.2, -0.15) is 0 Å². The van der Waals surface area contributed by atoms with Crippen molar-refractivity contribution in [3.63, 3.8) is 0 Å². The SMILES string of the molecule is COc1cc(/C=C2\N=C(c3ccccc3)N(c3ccc(Br)c(C)c3)C2=O)cc(OC)c1OC. The molecule has 33 heavy (non-hydrogen) atoms. The van der Waals surface area contributed by atoms with Gasteiger partial charge >= 0.3 is 0 Å². The lowest BCUT2D eigenvalue weighted by atomic mass is 10.1. The Morgan fingerprint density at radius 3 is 2.15 bits per heavy atom. The molecule has 168 valence electrons. The molecule has 0 aliphatic carbocycles. The van der Waals surface area contributed by atoms with E-state index in [1.54, 1.807) is 44.4 Å². The van der Waals surface area contributed by atoms with Crippen LogP contribution in [-0.2, 0) is 4.79 Å². The number of hydrogen-bond acceptors (Lipinski definition) is 5. The Morgan fingerprint density at radius 1 is 0.909 bits per heavy atom. The maximum Gasteiger partial charge on any atom is 0.282 e. The molecule has 1 amide bonds. The van der Waals surface area contributed by atoms with E-state index in [0.29, 0.717) is 34.3 Å². The van der Waals surface area contributed by atoms with Crippen LogP contribution in [-0.4, -0.2) is 33.1 Å². The van der Waals surface area contributed by atoms with Crippen molar-refractivity contribution in [2.45, 2.75) is 6.92 Å². The number of benzene rings is 3. The number of anilines is 1. The van der Waals surface area contributed by atoms with Gasteiger partial charge in [0.25, 0.3) is 5.91 Å². The minimum Gasteiger partial charge on any atom is -0.493 e. The fraction of sp³-hybridized carbons (Fsp3) is 0.154. The fourth-order valence-corrected chi connectivity index (χ4v) is 3.89. The molecule has 0 unspecified atom stereocenters. The predicted molar refractivity (Wildman–Crippen MR) is 133 cm³/mol. The molecule has 0 saturated carbocycles. The van der Waals surface area contributed by atoms with E-state index in [0.717, 1.165) is 21.3 Å². The van der Waals surface area contributed by atoms with Crippen LogP contribution in [0.2, 0.25) is 0 Å². The van der Waals surface area contributed by atoms with Crippen molar-refractivity contribution in [1.29, 1.82) is 0 Å². The molecular weight excluding hydrogens is 484 g/mol. The third kappa shape index (κ3) is 4.36. The van der Waals surface area contributed by atoms with Crippen molar-refractivity contribution in [1.82, 2.24) is 0 Å². The van der Waals surface area contributed by atoms with Crippen LogP contribution in [0.1, 0.15) is 16.7 Å². The Bertz CT molecular complexity index is 1240. The number of amides is 1. The van der Waals surface area contributed by atoms with E-state index < -0.39 is 0 Å². The molecule has 0 N–H and O–H groups in total. The molecule has 0 atom stereocenters. The number of rotatable bonds is 6. The standard InChI is InChI=1S/C26H23BrN2O4/c1-16-12-19(10-11-20(16)27)29-25(18-8-6-5-7-9-18)28-21(26(29)30)13-17-14-22(31-2)24(33-4)23(15-17)32-3/h5-15H,1-4H3/b21-13-. The summed E-state index contributed by atoms with van der Waals surface area (Å²) in [6, 6.07) is 19.0. The van der Waals surface area contributed by atoms with Gasteiger partial charge in [-0.05, 0) is 54.5 Å². The maximum absolute atomic E-state index is 13.6. The largest absolute Gasteiger partial charge is 0.493 e. The van der Waals surface area contributed by atoms with Crippen molar-refractivity contribution in [2.24, 2.45) is 4.99 Å². The molecule has 1 aliphatic rings. The number of halogens is 1. The maximum atomic E-state index is 13.6. The molecular formula is C26H23BrN2O4. The average Bonchev–Trinajstić information content (AvgIpc) is 3.16. The Balaban J connectivity index is 1.84. The second-order valence-electron chi connectivity index (χ2n) is 7.36. The number of amidine groups is 1. The van der Waals surface area contributed by atoms with Crippen LogP contribution in [0.5, 0.6) is 17.2 Å². The number of nitrogens with zero attached hydrogens (tertiary/aromatic N) is 2. The number of aryl methyl sites for hydroxylation is 1.